The van der Waals surface area contributed by atoms with Gasteiger partial charge in [-0.05, 0) is 57.6 Å². The van der Waals surface area contributed by atoms with Crippen molar-refractivity contribution in [2.24, 2.45) is 5.73 Å². The van der Waals surface area contributed by atoms with Crippen LogP contribution in [0.5, 0.6) is 0 Å². The molecule has 2 N–H and O–H groups in total. The number of nitrogens with zero attached hydrogens (tertiary/aromatic N) is 1. The van der Waals surface area contributed by atoms with Crippen LogP contribution in [0.2, 0.25) is 5.02 Å². The van der Waals surface area contributed by atoms with Crippen LogP contribution >= 0.6 is 11.6 Å². The number of nitrogens with two attached hydrogens (primary N) is 1. The van der Waals surface area contributed by atoms with E-state index in [9.17, 15) is 0 Å². The summed E-state index contributed by atoms with van der Waals surface area (Å²) in [4.78, 5) is 2.38. The molecule has 0 aliphatic rings. The van der Waals surface area contributed by atoms with Gasteiger partial charge in [-0.3, -0.25) is 4.90 Å². The lowest BCUT2D eigenvalue weighted by atomic mass is 10.1. The number of halogens is 1. The van der Waals surface area contributed by atoms with Gasteiger partial charge in [-0.1, -0.05) is 36.6 Å². The van der Waals surface area contributed by atoms with E-state index < -0.39 is 0 Å². The van der Waals surface area contributed by atoms with Crippen molar-refractivity contribution in [3.8, 4) is 0 Å². The van der Waals surface area contributed by atoms with Crippen molar-refractivity contribution in [2.45, 2.75) is 38.6 Å². The summed E-state index contributed by atoms with van der Waals surface area (Å²) in [6.07, 6.45) is 4.90. The van der Waals surface area contributed by atoms with Gasteiger partial charge in [0.15, 0.2) is 0 Å². The van der Waals surface area contributed by atoms with Crippen LogP contribution in [0.1, 0.15) is 44.2 Å². The second-order valence-electron chi connectivity index (χ2n) is 4.91. The first-order valence-corrected chi connectivity index (χ1v) is 7.18. The number of hydrogen-bond donors (Lipinski definition) is 1. The molecule has 102 valence electrons. The van der Waals surface area contributed by atoms with Crippen LogP contribution in [0.4, 0.5) is 0 Å². The van der Waals surface area contributed by atoms with Gasteiger partial charge in [-0.15, -0.1) is 0 Å². The van der Waals surface area contributed by atoms with E-state index in [0.717, 1.165) is 24.5 Å². The minimum absolute atomic E-state index is 0.415. The fourth-order valence-corrected chi connectivity index (χ4v) is 2.27. The third-order valence-electron chi connectivity index (χ3n) is 3.46. The van der Waals surface area contributed by atoms with Crippen molar-refractivity contribution in [1.29, 1.82) is 0 Å². The molecule has 0 aromatic heterocycles. The first kappa shape index (κ1) is 15.5. The van der Waals surface area contributed by atoms with Crippen LogP contribution in [-0.2, 0) is 0 Å². The molecule has 0 bridgehead atoms. The van der Waals surface area contributed by atoms with Crippen LogP contribution in [0, 0.1) is 0 Å². The highest BCUT2D eigenvalue weighted by atomic mass is 35.5. The quantitative estimate of drug-likeness (QED) is 0.726. The average Bonchev–Trinajstić information content (AvgIpc) is 2.37. The monoisotopic (exact) mass is 268 g/mol. The topological polar surface area (TPSA) is 29.3 Å². The molecule has 1 unspecified atom stereocenters. The molecule has 1 aromatic rings. The van der Waals surface area contributed by atoms with Gasteiger partial charge >= 0.3 is 0 Å². The predicted molar refractivity (Wildman–Crippen MR) is 80.0 cm³/mol. The smallest absolute Gasteiger partial charge is 0.0409 e. The highest BCUT2D eigenvalue weighted by molar-refractivity contribution is 6.30. The standard InChI is InChI=1S/C15H25ClN2/c1-13(14-8-7-9-15(16)12-14)18(2)11-6-4-3-5-10-17/h7-9,12-13H,3-6,10-11,17H2,1-2H3. The molecule has 0 aliphatic heterocycles. The molecule has 0 amide bonds. The van der Waals surface area contributed by atoms with E-state index in [-0.39, 0.29) is 0 Å². The van der Waals surface area contributed by atoms with Crippen molar-refractivity contribution in [3.05, 3.63) is 34.9 Å². The zero-order valence-electron chi connectivity index (χ0n) is 11.5. The van der Waals surface area contributed by atoms with E-state index in [1.807, 2.05) is 12.1 Å². The zero-order valence-corrected chi connectivity index (χ0v) is 12.3. The number of hydrogen-bond acceptors (Lipinski definition) is 2. The molecule has 0 radical (unpaired) electrons. The molecule has 1 aromatic carbocycles. The van der Waals surface area contributed by atoms with Gasteiger partial charge in [0.2, 0.25) is 0 Å². The maximum absolute atomic E-state index is 6.02. The zero-order chi connectivity index (χ0) is 13.4. The van der Waals surface area contributed by atoms with E-state index in [0.29, 0.717) is 6.04 Å². The molecule has 2 nitrogen and oxygen atoms in total. The maximum atomic E-state index is 6.02. The lowest BCUT2D eigenvalue weighted by Crippen LogP contribution is -2.23. The van der Waals surface area contributed by atoms with Crippen molar-refractivity contribution >= 4 is 11.6 Å². The van der Waals surface area contributed by atoms with E-state index in [1.165, 1.54) is 24.8 Å². The van der Waals surface area contributed by atoms with Gasteiger partial charge in [0.1, 0.15) is 0 Å². The second kappa shape index (κ2) is 8.52. The Morgan fingerprint density at radius 1 is 1.22 bits per heavy atom. The average molecular weight is 269 g/mol. The molecule has 1 atom stereocenters. The number of rotatable bonds is 8. The molecule has 0 saturated carbocycles. The van der Waals surface area contributed by atoms with E-state index in [2.05, 4.69) is 31.0 Å². The Labute approximate surface area is 116 Å². The van der Waals surface area contributed by atoms with Gasteiger partial charge in [0, 0.05) is 11.1 Å². The third-order valence-corrected chi connectivity index (χ3v) is 3.69. The number of benzene rings is 1. The Morgan fingerprint density at radius 3 is 2.61 bits per heavy atom. The van der Waals surface area contributed by atoms with Gasteiger partial charge in [-0.25, -0.2) is 0 Å². The summed E-state index contributed by atoms with van der Waals surface area (Å²) in [6, 6.07) is 8.55. The fraction of sp³-hybridized carbons (Fsp3) is 0.600. The Balaban J connectivity index is 2.34. The lowest BCUT2D eigenvalue weighted by molar-refractivity contribution is 0.255. The third kappa shape index (κ3) is 5.38. The summed E-state index contributed by atoms with van der Waals surface area (Å²) in [5.41, 5.74) is 6.77. The summed E-state index contributed by atoms with van der Waals surface area (Å²) in [5, 5.41) is 0.815. The molecule has 0 aliphatic carbocycles. The van der Waals surface area contributed by atoms with Crippen LogP contribution in [0.15, 0.2) is 24.3 Å². The van der Waals surface area contributed by atoms with Crippen LogP contribution in [-0.4, -0.2) is 25.0 Å². The van der Waals surface area contributed by atoms with Gasteiger partial charge in [0.25, 0.3) is 0 Å². The first-order valence-electron chi connectivity index (χ1n) is 6.81. The molecule has 0 fully saturated rings. The molecule has 18 heavy (non-hydrogen) atoms. The van der Waals surface area contributed by atoms with Crippen LogP contribution in [0.25, 0.3) is 0 Å². The highest BCUT2D eigenvalue weighted by Crippen LogP contribution is 2.22. The molecule has 0 spiro atoms. The maximum Gasteiger partial charge on any atom is 0.0409 e. The van der Waals surface area contributed by atoms with Crippen LogP contribution < -0.4 is 5.73 Å². The predicted octanol–water partition coefficient (Wildman–Crippen LogP) is 3.85. The molecule has 0 heterocycles. The highest BCUT2D eigenvalue weighted by Gasteiger charge is 2.11. The SMILES string of the molecule is CC(c1cccc(Cl)c1)N(C)CCCCCCN. The Hall–Kier alpha value is -0.570. The Bertz CT molecular complexity index is 341. The van der Waals surface area contributed by atoms with Gasteiger partial charge < -0.3 is 5.73 Å². The van der Waals surface area contributed by atoms with Crippen molar-refractivity contribution < 1.29 is 0 Å². The van der Waals surface area contributed by atoms with Crippen molar-refractivity contribution in [3.63, 3.8) is 0 Å². The summed E-state index contributed by atoms with van der Waals surface area (Å²) >= 11 is 6.02. The first-order chi connectivity index (χ1) is 8.65. The normalized spacial score (nSPS) is 12.9. The molecular formula is C15H25ClN2. The van der Waals surface area contributed by atoms with Crippen LogP contribution in [0.3, 0.4) is 0 Å². The minimum Gasteiger partial charge on any atom is -0.330 e. The van der Waals surface area contributed by atoms with E-state index in [1.54, 1.807) is 0 Å². The summed E-state index contributed by atoms with van der Waals surface area (Å²) in [5.74, 6) is 0. The molecule has 3 heteroatoms. The summed E-state index contributed by atoms with van der Waals surface area (Å²) in [7, 11) is 2.18. The molecule has 0 saturated heterocycles. The van der Waals surface area contributed by atoms with Gasteiger partial charge in [0.05, 0.1) is 0 Å². The van der Waals surface area contributed by atoms with Crippen molar-refractivity contribution in [2.75, 3.05) is 20.1 Å². The molecule has 1 rings (SSSR count). The Morgan fingerprint density at radius 2 is 1.94 bits per heavy atom. The minimum atomic E-state index is 0.415. The second-order valence-corrected chi connectivity index (χ2v) is 5.35. The van der Waals surface area contributed by atoms with E-state index >= 15 is 0 Å². The Kier molecular flexibility index (Phi) is 7.33. The molecular weight excluding hydrogens is 244 g/mol. The fourth-order valence-electron chi connectivity index (χ4n) is 2.07. The number of unbranched alkanes of at least 4 members (excludes halogenated alkanes) is 3. The summed E-state index contributed by atoms with van der Waals surface area (Å²) in [6.45, 7) is 4.17. The summed E-state index contributed by atoms with van der Waals surface area (Å²) < 4.78 is 0. The van der Waals surface area contributed by atoms with Crippen molar-refractivity contribution in [1.82, 2.24) is 4.90 Å². The van der Waals surface area contributed by atoms with E-state index in [4.69, 9.17) is 17.3 Å². The lowest BCUT2D eigenvalue weighted by Gasteiger charge is -2.25. The van der Waals surface area contributed by atoms with Gasteiger partial charge in [-0.2, -0.15) is 0 Å². The largest absolute Gasteiger partial charge is 0.330 e.